The molecule has 1 fully saturated rings. The molecule has 1 amide bonds. The third kappa shape index (κ3) is 3.76. The molecule has 0 bridgehead atoms. The largest absolute Gasteiger partial charge is 0.388 e. The maximum absolute atomic E-state index is 12.7. The van der Waals surface area contributed by atoms with Crippen LogP contribution in [0.1, 0.15) is 28.9 Å². The van der Waals surface area contributed by atoms with Crippen LogP contribution in [0.3, 0.4) is 0 Å². The van der Waals surface area contributed by atoms with Gasteiger partial charge in [0.2, 0.25) is 0 Å². The van der Waals surface area contributed by atoms with Gasteiger partial charge in [0.25, 0.3) is 5.91 Å². The van der Waals surface area contributed by atoms with Gasteiger partial charge in [0.1, 0.15) is 10.5 Å². The predicted molar refractivity (Wildman–Crippen MR) is 108 cm³/mol. The summed E-state index contributed by atoms with van der Waals surface area (Å²) >= 11 is 1.43. The molecule has 2 aromatic heterocycles. The lowest BCUT2D eigenvalue weighted by atomic mass is 9.95. The van der Waals surface area contributed by atoms with E-state index >= 15 is 0 Å². The van der Waals surface area contributed by atoms with Crippen molar-refractivity contribution in [3.8, 4) is 11.3 Å². The van der Waals surface area contributed by atoms with E-state index in [1.807, 2.05) is 48.1 Å². The summed E-state index contributed by atoms with van der Waals surface area (Å²) in [5.41, 5.74) is 1.09. The van der Waals surface area contributed by atoms with Crippen LogP contribution in [-0.4, -0.2) is 46.0 Å². The number of nitrogens with one attached hydrogen (secondary N) is 2. The summed E-state index contributed by atoms with van der Waals surface area (Å²) in [7, 11) is 1.90. The lowest BCUT2D eigenvalue weighted by Gasteiger charge is -2.26. The number of hydrogen-bond acceptors (Lipinski definition) is 5. The lowest BCUT2D eigenvalue weighted by Crippen LogP contribution is -2.43. The second kappa shape index (κ2) is 7.42. The molecular weight excluding hydrogens is 360 g/mol. The van der Waals surface area contributed by atoms with Gasteiger partial charge in [-0.1, -0.05) is 30.3 Å². The molecule has 4 rings (SSSR count). The zero-order chi connectivity index (χ0) is 18.9. The fourth-order valence-electron chi connectivity index (χ4n) is 3.58. The van der Waals surface area contributed by atoms with Crippen molar-refractivity contribution < 1.29 is 9.90 Å². The first-order valence-corrected chi connectivity index (χ1v) is 10.1. The van der Waals surface area contributed by atoms with E-state index in [-0.39, 0.29) is 12.5 Å². The highest BCUT2D eigenvalue weighted by molar-refractivity contribution is 7.20. The minimum absolute atomic E-state index is 0.138. The van der Waals surface area contributed by atoms with Gasteiger partial charge in [-0.3, -0.25) is 9.48 Å². The van der Waals surface area contributed by atoms with Gasteiger partial charge in [-0.2, -0.15) is 5.10 Å². The topological polar surface area (TPSA) is 79.2 Å². The lowest BCUT2D eigenvalue weighted by molar-refractivity contribution is 0.0276. The van der Waals surface area contributed by atoms with Gasteiger partial charge in [0.15, 0.2) is 0 Å². The van der Waals surface area contributed by atoms with Gasteiger partial charge in [-0.15, -0.1) is 11.3 Å². The number of aryl methyl sites for hydroxylation is 1. The molecule has 3 aromatic rings. The summed E-state index contributed by atoms with van der Waals surface area (Å²) in [5.74, 6) is -0.138. The van der Waals surface area contributed by atoms with Crippen LogP contribution in [0.15, 0.2) is 36.4 Å². The van der Waals surface area contributed by atoms with Crippen LogP contribution in [0, 0.1) is 0 Å². The zero-order valence-electron chi connectivity index (χ0n) is 15.4. The molecular formula is C20H24N4O2S. The Labute approximate surface area is 162 Å². The average molecular weight is 385 g/mol. The molecule has 1 aliphatic heterocycles. The normalized spacial score (nSPS) is 20.5. The maximum atomic E-state index is 12.7. The van der Waals surface area contributed by atoms with Crippen LogP contribution in [0.4, 0.5) is 0 Å². The highest BCUT2D eigenvalue weighted by Gasteiger charge is 2.29. The van der Waals surface area contributed by atoms with Gasteiger partial charge >= 0.3 is 0 Å². The Bertz CT molecular complexity index is 940. The third-order valence-electron chi connectivity index (χ3n) is 5.12. The minimum atomic E-state index is -0.827. The number of aliphatic hydroxyl groups is 1. The van der Waals surface area contributed by atoms with Gasteiger partial charge in [-0.05, 0) is 38.4 Å². The molecule has 0 saturated carbocycles. The van der Waals surface area contributed by atoms with E-state index < -0.39 is 5.60 Å². The molecule has 0 aliphatic carbocycles. The van der Waals surface area contributed by atoms with E-state index in [9.17, 15) is 9.90 Å². The van der Waals surface area contributed by atoms with E-state index in [0.29, 0.717) is 17.7 Å². The van der Waals surface area contributed by atoms with Crippen molar-refractivity contribution in [2.75, 3.05) is 19.6 Å². The number of carbonyl (C=O) groups is 1. The molecule has 1 aliphatic rings. The molecule has 1 atom stereocenters. The van der Waals surface area contributed by atoms with Crippen molar-refractivity contribution in [2.45, 2.75) is 24.9 Å². The van der Waals surface area contributed by atoms with Crippen LogP contribution >= 0.6 is 11.3 Å². The van der Waals surface area contributed by atoms with Gasteiger partial charge in [0.05, 0.1) is 10.5 Å². The molecule has 6 nitrogen and oxygen atoms in total. The summed E-state index contributed by atoms with van der Waals surface area (Å²) in [6.07, 6.45) is 2.28. The number of rotatable bonds is 4. The van der Waals surface area contributed by atoms with Crippen LogP contribution in [-0.2, 0) is 7.05 Å². The molecule has 3 heterocycles. The van der Waals surface area contributed by atoms with Crippen molar-refractivity contribution in [3.05, 3.63) is 41.3 Å². The fraction of sp³-hybridized carbons (Fsp3) is 0.400. The second-order valence-corrected chi connectivity index (χ2v) is 8.21. The van der Waals surface area contributed by atoms with Gasteiger partial charge in [-0.25, -0.2) is 0 Å². The highest BCUT2D eigenvalue weighted by Crippen LogP contribution is 2.33. The van der Waals surface area contributed by atoms with E-state index in [2.05, 4.69) is 15.7 Å². The maximum Gasteiger partial charge on any atom is 0.261 e. The Balaban J connectivity index is 1.54. The smallest absolute Gasteiger partial charge is 0.261 e. The summed E-state index contributed by atoms with van der Waals surface area (Å²) in [5, 5.41) is 22.5. The summed E-state index contributed by atoms with van der Waals surface area (Å²) in [6.45, 7) is 1.98. The molecule has 0 unspecified atom stereocenters. The van der Waals surface area contributed by atoms with Crippen molar-refractivity contribution in [1.29, 1.82) is 0 Å². The zero-order valence-corrected chi connectivity index (χ0v) is 16.2. The molecule has 7 heteroatoms. The Morgan fingerprint density at radius 2 is 2.15 bits per heavy atom. The number of nitrogens with zero attached hydrogens (tertiary/aromatic N) is 2. The predicted octanol–water partition coefficient (Wildman–Crippen LogP) is 2.54. The molecule has 3 N–H and O–H groups in total. The average Bonchev–Trinajstić information content (AvgIpc) is 3.16. The van der Waals surface area contributed by atoms with E-state index in [0.717, 1.165) is 41.0 Å². The Hall–Kier alpha value is -2.22. The molecule has 1 saturated heterocycles. The highest BCUT2D eigenvalue weighted by atomic mass is 32.1. The molecule has 142 valence electrons. The van der Waals surface area contributed by atoms with Crippen LogP contribution < -0.4 is 10.6 Å². The Kier molecular flexibility index (Phi) is 4.99. The molecule has 0 radical (unpaired) electrons. The van der Waals surface area contributed by atoms with E-state index in [1.54, 1.807) is 0 Å². The molecule has 0 spiro atoms. The summed E-state index contributed by atoms with van der Waals surface area (Å²) in [4.78, 5) is 14.3. The fourth-order valence-corrected chi connectivity index (χ4v) is 4.57. The first-order valence-electron chi connectivity index (χ1n) is 9.29. The quantitative estimate of drug-likeness (QED) is 0.646. The Morgan fingerprint density at radius 3 is 2.96 bits per heavy atom. The SMILES string of the molecule is Cn1nc(-c2ccccc2)c2cc(C(=O)NC[C@@]3(O)CCCNCC3)sc21. The standard InChI is InChI=1S/C20H24N4O2S/c1-24-19-15(17(23-24)14-6-3-2-4-7-14)12-16(27-19)18(25)22-13-20(26)8-5-10-21-11-9-20/h2-4,6-7,12,21,26H,5,8-11,13H2,1H3,(H,22,25)/t20-/m1/s1. The summed E-state index contributed by atoms with van der Waals surface area (Å²) in [6, 6.07) is 11.9. The molecule has 1 aromatic carbocycles. The first kappa shape index (κ1) is 18.2. The van der Waals surface area contributed by atoms with Crippen molar-refractivity contribution in [1.82, 2.24) is 20.4 Å². The van der Waals surface area contributed by atoms with Crippen LogP contribution in [0.2, 0.25) is 0 Å². The molecule has 27 heavy (non-hydrogen) atoms. The Morgan fingerprint density at radius 1 is 1.33 bits per heavy atom. The van der Waals surface area contributed by atoms with Gasteiger partial charge < -0.3 is 15.7 Å². The minimum Gasteiger partial charge on any atom is -0.388 e. The number of aromatic nitrogens is 2. The van der Waals surface area contributed by atoms with E-state index in [4.69, 9.17) is 0 Å². The second-order valence-electron chi connectivity index (χ2n) is 7.18. The third-order valence-corrected chi connectivity index (χ3v) is 6.32. The van der Waals surface area contributed by atoms with E-state index in [1.165, 1.54) is 11.3 Å². The number of thiophene rings is 1. The van der Waals surface area contributed by atoms with Gasteiger partial charge in [0, 0.05) is 24.5 Å². The number of carbonyl (C=O) groups excluding carboxylic acids is 1. The first-order chi connectivity index (χ1) is 13.1. The number of fused-ring (bicyclic) bond motifs is 1. The van der Waals surface area contributed by atoms with Crippen LogP contribution in [0.5, 0.6) is 0 Å². The number of hydrogen-bond donors (Lipinski definition) is 3. The van der Waals surface area contributed by atoms with Crippen molar-refractivity contribution in [3.63, 3.8) is 0 Å². The van der Waals surface area contributed by atoms with Crippen LogP contribution in [0.25, 0.3) is 21.5 Å². The number of benzene rings is 1. The summed E-state index contributed by atoms with van der Waals surface area (Å²) < 4.78 is 1.82. The van der Waals surface area contributed by atoms with Crippen molar-refractivity contribution in [2.24, 2.45) is 7.05 Å². The number of amides is 1. The monoisotopic (exact) mass is 384 g/mol. The van der Waals surface area contributed by atoms with Crippen molar-refractivity contribution >= 4 is 27.5 Å².